The molecule has 0 aliphatic heterocycles. The Balaban J connectivity index is 0.000000461. The van der Waals surface area contributed by atoms with Gasteiger partial charge in [-0.3, -0.25) is 4.98 Å². The highest BCUT2D eigenvalue weighted by atomic mass is 14.7. The van der Waals surface area contributed by atoms with Crippen LogP contribution in [0.25, 0.3) is 12.2 Å². The number of hydrogen-bond acceptors (Lipinski definition) is 1. The Morgan fingerprint density at radius 1 is 1.14 bits per heavy atom. The van der Waals surface area contributed by atoms with E-state index in [-0.39, 0.29) is 0 Å². The van der Waals surface area contributed by atoms with Gasteiger partial charge in [0.2, 0.25) is 0 Å². The molecule has 0 atom stereocenters. The lowest BCUT2D eigenvalue weighted by Gasteiger charge is -2.01. The van der Waals surface area contributed by atoms with Crippen LogP contribution in [0, 0.1) is 6.92 Å². The topological polar surface area (TPSA) is 12.9 Å². The zero-order valence-corrected chi connectivity index (χ0v) is 9.12. The van der Waals surface area contributed by atoms with Crippen molar-refractivity contribution in [3.05, 3.63) is 41.2 Å². The molecule has 0 amide bonds. The number of pyridine rings is 1. The maximum Gasteiger partial charge on any atom is 0.0450 e. The zero-order valence-electron chi connectivity index (χ0n) is 9.12. The first-order chi connectivity index (χ1) is 6.88. The number of aromatic nitrogens is 1. The van der Waals surface area contributed by atoms with E-state index < -0.39 is 0 Å². The van der Waals surface area contributed by atoms with Crippen molar-refractivity contribution in [2.45, 2.75) is 27.2 Å². The molecule has 1 aromatic rings. The van der Waals surface area contributed by atoms with Gasteiger partial charge in [-0.05, 0) is 25.0 Å². The van der Waals surface area contributed by atoms with Gasteiger partial charge in [-0.2, -0.15) is 0 Å². The van der Waals surface area contributed by atoms with Gasteiger partial charge < -0.3 is 0 Å². The number of rotatable bonds is 0. The van der Waals surface area contributed by atoms with Crippen LogP contribution in [-0.2, 0) is 0 Å². The van der Waals surface area contributed by atoms with E-state index in [0.29, 0.717) is 0 Å². The van der Waals surface area contributed by atoms with E-state index in [0.717, 1.165) is 12.1 Å². The average Bonchev–Trinajstić information content (AvgIpc) is 2.47. The van der Waals surface area contributed by atoms with Crippen molar-refractivity contribution in [3.63, 3.8) is 0 Å². The molecular formula is C13H17N. The molecule has 0 aromatic carbocycles. The molecule has 0 bridgehead atoms. The molecule has 14 heavy (non-hydrogen) atoms. The van der Waals surface area contributed by atoms with Crippen molar-refractivity contribution < 1.29 is 0 Å². The van der Waals surface area contributed by atoms with Crippen molar-refractivity contribution in [1.82, 2.24) is 4.98 Å². The predicted molar refractivity (Wildman–Crippen MR) is 63.0 cm³/mol. The summed E-state index contributed by atoms with van der Waals surface area (Å²) in [7, 11) is 0. The van der Waals surface area contributed by atoms with Gasteiger partial charge in [-0.1, -0.05) is 38.2 Å². The summed E-state index contributed by atoms with van der Waals surface area (Å²) in [5.41, 5.74) is 3.64. The molecule has 0 fully saturated rings. The molecule has 74 valence electrons. The van der Waals surface area contributed by atoms with E-state index in [1.807, 2.05) is 27.0 Å². The van der Waals surface area contributed by atoms with Crippen LogP contribution in [0.2, 0.25) is 0 Å². The van der Waals surface area contributed by atoms with Crippen LogP contribution in [0.1, 0.15) is 37.1 Å². The first-order valence-corrected chi connectivity index (χ1v) is 5.16. The Labute approximate surface area is 86.2 Å². The lowest BCUT2D eigenvalue weighted by molar-refractivity contribution is 1.18. The van der Waals surface area contributed by atoms with Gasteiger partial charge in [-0.25, -0.2) is 0 Å². The van der Waals surface area contributed by atoms with Crippen molar-refractivity contribution in [2.75, 3.05) is 0 Å². The highest BCUT2D eigenvalue weighted by Crippen LogP contribution is 2.18. The highest BCUT2D eigenvalue weighted by molar-refractivity contribution is 5.68. The van der Waals surface area contributed by atoms with Gasteiger partial charge >= 0.3 is 0 Å². The maximum absolute atomic E-state index is 4.25. The summed E-state index contributed by atoms with van der Waals surface area (Å²) in [4.78, 5) is 4.25. The molecule has 0 spiro atoms. The van der Waals surface area contributed by atoms with E-state index in [1.54, 1.807) is 0 Å². The number of nitrogens with zero attached hydrogens (tertiary/aromatic N) is 1. The summed E-state index contributed by atoms with van der Waals surface area (Å²) in [6, 6.07) is 2.05. The molecule has 1 aromatic heterocycles. The second kappa shape index (κ2) is 5.38. The number of allylic oxidation sites excluding steroid dienone is 2. The lowest BCUT2D eigenvalue weighted by Crippen LogP contribution is -1.88. The summed E-state index contributed by atoms with van der Waals surface area (Å²) in [6.45, 7) is 6.04. The molecule has 0 unspecified atom stereocenters. The summed E-state index contributed by atoms with van der Waals surface area (Å²) >= 11 is 0. The molecule has 2 rings (SSSR count). The van der Waals surface area contributed by atoms with Crippen molar-refractivity contribution in [3.8, 4) is 0 Å². The van der Waals surface area contributed by atoms with Gasteiger partial charge in [0, 0.05) is 17.5 Å². The fourth-order valence-electron chi connectivity index (χ4n) is 1.42. The summed E-state index contributed by atoms with van der Waals surface area (Å²) in [6.07, 6.45) is 11.5. The summed E-state index contributed by atoms with van der Waals surface area (Å²) < 4.78 is 0. The predicted octanol–water partition coefficient (Wildman–Crippen LogP) is 3.85. The van der Waals surface area contributed by atoms with E-state index in [2.05, 4.69) is 35.4 Å². The Bertz CT molecular complexity index is 348. The normalized spacial score (nSPS) is 12.5. The number of hydrogen-bond donors (Lipinski definition) is 0. The second-order valence-electron chi connectivity index (χ2n) is 2.94. The van der Waals surface area contributed by atoms with Crippen molar-refractivity contribution in [1.29, 1.82) is 0 Å². The van der Waals surface area contributed by atoms with E-state index >= 15 is 0 Å². The molecule has 0 saturated carbocycles. The smallest absolute Gasteiger partial charge is 0.0450 e. The van der Waals surface area contributed by atoms with E-state index in [4.69, 9.17) is 0 Å². The fraction of sp³-hybridized carbons (Fsp3) is 0.308. The average molecular weight is 187 g/mol. The SMILES string of the molecule is CC.Cc1nccc2c1C=CCC=C2. The molecule has 0 radical (unpaired) electrons. The molecule has 1 aliphatic carbocycles. The Hall–Kier alpha value is -1.37. The Morgan fingerprint density at radius 2 is 1.86 bits per heavy atom. The molecule has 1 heteroatoms. The van der Waals surface area contributed by atoms with Gasteiger partial charge in [0.25, 0.3) is 0 Å². The maximum atomic E-state index is 4.25. The van der Waals surface area contributed by atoms with E-state index in [9.17, 15) is 0 Å². The monoisotopic (exact) mass is 187 g/mol. The first-order valence-electron chi connectivity index (χ1n) is 5.16. The third kappa shape index (κ3) is 2.32. The Kier molecular flexibility index (Phi) is 4.11. The number of fused-ring (bicyclic) bond motifs is 1. The van der Waals surface area contributed by atoms with Gasteiger partial charge in [0.1, 0.15) is 0 Å². The minimum Gasteiger partial charge on any atom is -0.261 e. The fourth-order valence-corrected chi connectivity index (χ4v) is 1.42. The largest absolute Gasteiger partial charge is 0.261 e. The third-order valence-corrected chi connectivity index (χ3v) is 2.08. The van der Waals surface area contributed by atoms with E-state index in [1.165, 1.54) is 11.1 Å². The van der Waals surface area contributed by atoms with Crippen LogP contribution >= 0.6 is 0 Å². The van der Waals surface area contributed by atoms with Crippen LogP contribution in [0.3, 0.4) is 0 Å². The quantitative estimate of drug-likeness (QED) is 0.601. The van der Waals surface area contributed by atoms with Gasteiger partial charge in [0.05, 0.1) is 0 Å². The molecule has 1 heterocycles. The zero-order chi connectivity index (χ0) is 10.4. The van der Waals surface area contributed by atoms with Crippen LogP contribution in [-0.4, -0.2) is 4.98 Å². The van der Waals surface area contributed by atoms with Crippen LogP contribution < -0.4 is 0 Å². The summed E-state index contributed by atoms with van der Waals surface area (Å²) in [5, 5.41) is 0. The third-order valence-electron chi connectivity index (χ3n) is 2.08. The Morgan fingerprint density at radius 3 is 2.64 bits per heavy atom. The van der Waals surface area contributed by atoms with Crippen molar-refractivity contribution in [2.24, 2.45) is 0 Å². The molecule has 0 N–H and O–H groups in total. The van der Waals surface area contributed by atoms with Gasteiger partial charge in [0.15, 0.2) is 0 Å². The summed E-state index contributed by atoms with van der Waals surface area (Å²) in [5.74, 6) is 0. The van der Waals surface area contributed by atoms with Crippen LogP contribution in [0.15, 0.2) is 24.4 Å². The number of aryl methyl sites for hydroxylation is 1. The molecule has 0 saturated heterocycles. The van der Waals surface area contributed by atoms with Crippen molar-refractivity contribution >= 4 is 12.2 Å². The minimum atomic E-state index is 1.02. The second-order valence-corrected chi connectivity index (χ2v) is 2.94. The first kappa shape index (κ1) is 10.7. The molecular weight excluding hydrogens is 170 g/mol. The molecule has 1 aliphatic rings. The highest BCUT2D eigenvalue weighted by Gasteiger charge is 2.01. The van der Waals surface area contributed by atoms with Crippen LogP contribution in [0.4, 0.5) is 0 Å². The lowest BCUT2D eigenvalue weighted by atomic mass is 10.1. The minimum absolute atomic E-state index is 1.02. The van der Waals surface area contributed by atoms with Gasteiger partial charge in [-0.15, -0.1) is 0 Å². The molecule has 1 nitrogen and oxygen atoms in total. The van der Waals surface area contributed by atoms with Crippen LogP contribution in [0.5, 0.6) is 0 Å². The standard InChI is InChI=1S/C11H11N.C2H6/c1-9-11-6-4-2-3-5-10(11)7-8-12-9;1-2/h3-8H,2H2,1H3;1-2H3.